The Morgan fingerprint density at radius 1 is 1.03 bits per heavy atom. The zero-order valence-corrected chi connectivity index (χ0v) is 18.4. The van der Waals surface area contributed by atoms with Crippen molar-refractivity contribution < 1.29 is 4.79 Å². The number of carbonyl (C=O) groups is 1. The molecule has 2 aromatic rings. The van der Waals surface area contributed by atoms with Gasteiger partial charge in [-0.15, -0.1) is 0 Å². The summed E-state index contributed by atoms with van der Waals surface area (Å²) in [6, 6.07) is 14.6. The molecule has 0 amide bonds. The quantitative estimate of drug-likeness (QED) is 0.579. The highest BCUT2D eigenvalue weighted by atomic mass is 16.1. The van der Waals surface area contributed by atoms with Gasteiger partial charge in [-0.3, -0.25) is 4.79 Å². The molecule has 3 heteroatoms. The van der Waals surface area contributed by atoms with Crippen LogP contribution in [0.2, 0.25) is 0 Å². The molecule has 0 bridgehead atoms. The molecule has 2 aliphatic rings. The second-order valence-electron chi connectivity index (χ2n) is 9.22. The maximum absolute atomic E-state index is 12.9. The Morgan fingerprint density at radius 2 is 1.73 bits per heavy atom. The van der Waals surface area contributed by atoms with E-state index in [1.807, 2.05) is 18.2 Å². The molecule has 1 heterocycles. The molecule has 0 spiro atoms. The number of benzene rings is 2. The van der Waals surface area contributed by atoms with Gasteiger partial charge in [0.05, 0.1) is 17.1 Å². The molecular weight excluding hydrogens is 368 g/mol. The van der Waals surface area contributed by atoms with Crippen LogP contribution in [-0.4, -0.2) is 5.78 Å². The molecule has 1 aliphatic heterocycles. The van der Waals surface area contributed by atoms with Gasteiger partial charge in [0.15, 0.2) is 0 Å². The minimum atomic E-state index is 0.00449. The first-order chi connectivity index (χ1) is 14.3. The highest BCUT2D eigenvalue weighted by Crippen LogP contribution is 2.42. The third-order valence-corrected chi connectivity index (χ3v) is 5.96. The largest absolute Gasteiger partial charge is 0.354 e. The summed E-state index contributed by atoms with van der Waals surface area (Å²) in [4.78, 5) is 14.9. The number of fused-ring (bicyclic) bond motifs is 1. The lowest BCUT2D eigenvalue weighted by Gasteiger charge is -2.25. The zero-order valence-electron chi connectivity index (χ0n) is 18.4. The Morgan fingerprint density at radius 3 is 2.40 bits per heavy atom. The number of Topliss-reactive ketones (excluding diaryl/α,β-unsaturated/α-hetero) is 1. The predicted molar refractivity (Wildman–Crippen MR) is 126 cm³/mol. The van der Waals surface area contributed by atoms with Crippen LogP contribution in [-0.2, 0) is 12.0 Å². The Balaban J connectivity index is 1.67. The van der Waals surface area contributed by atoms with E-state index in [9.17, 15) is 4.79 Å². The number of rotatable bonds is 4. The molecule has 0 fully saturated rings. The minimum Gasteiger partial charge on any atom is -0.354 e. The molecule has 0 saturated heterocycles. The third-order valence-electron chi connectivity index (χ3n) is 5.96. The highest BCUT2D eigenvalue weighted by molar-refractivity contribution is 6.20. The first-order valence-corrected chi connectivity index (χ1v) is 10.6. The van der Waals surface area contributed by atoms with E-state index in [0.717, 1.165) is 35.5 Å². The van der Waals surface area contributed by atoms with Crippen LogP contribution in [0.1, 0.15) is 62.0 Å². The standard InChI is InChI=1S/C27H30N2O/c1-18-9-6-7-11-23(18)28-24-12-8-10-22-25(24)29(19(2)26(22)30)17-20-13-15-21(16-14-20)27(3,4)5/h8-16,28H,2,6-7,17H2,1,3-5H3. The van der Waals surface area contributed by atoms with Crippen LogP contribution in [0.5, 0.6) is 0 Å². The van der Waals surface area contributed by atoms with Crippen LogP contribution in [0.25, 0.3) is 0 Å². The van der Waals surface area contributed by atoms with E-state index in [1.54, 1.807) is 0 Å². The average molecular weight is 399 g/mol. The molecule has 1 aliphatic carbocycles. The smallest absolute Gasteiger partial charge is 0.210 e. The summed E-state index contributed by atoms with van der Waals surface area (Å²) in [6.45, 7) is 13.5. The first kappa shape index (κ1) is 20.2. The summed E-state index contributed by atoms with van der Waals surface area (Å²) in [5.41, 5.74) is 8.07. The fourth-order valence-electron chi connectivity index (χ4n) is 4.09. The number of nitrogens with one attached hydrogen (secondary N) is 1. The van der Waals surface area contributed by atoms with Crippen molar-refractivity contribution in [2.24, 2.45) is 0 Å². The van der Waals surface area contributed by atoms with E-state index in [1.165, 1.54) is 11.1 Å². The molecular formula is C27H30N2O. The summed E-state index contributed by atoms with van der Waals surface area (Å²) in [5.74, 6) is 0.00449. The SMILES string of the molecule is C=C1C(=O)c2cccc(NC3=CCCC=C3C)c2N1Cc1ccc(C(C)(C)C)cc1. The molecule has 1 N–H and O–H groups in total. The van der Waals surface area contributed by atoms with Gasteiger partial charge in [0.2, 0.25) is 5.78 Å². The van der Waals surface area contributed by atoms with Crippen molar-refractivity contribution in [2.75, 3.05) is 10.2 Å². The lowest BCUT2D eigenvalue weighted by molar-refractivity contribution is 0.103. The molecule has 0 saturated carbocycles. The van der Waals surface area contributed by atoms with E-state index < -0.39 is 0 Å². The Labute approximate surface area is 179 Å². The lowest BCUT2D eigenvalue weighted by Crippen LogP contribution is -2.20. The Bertz CT molecular complexity index is 1070. The lowest BCUT2D eigenvalue weighted by atomic mass is 9.87. The summed E-state index contributed by atoms with van der Waals surface area (Å²) < 4.78 is 0. The van der Waals surface area contributed by atoms with Gasteiger partial charge in [-0.2, -0.15) is 0 Å². The molecule has 0 atom stereocenters. The van der Waals surface area contributed by atoms with Gasteiger partial charge in [-0.05, 0) is 54.0 Å². The van der Waals surface area contributed by atoms with Crippen LogP contribution >= 0.6 is 0 Å². The van der Waals surface area contributed by atoms with E-state index in [4.69, 9.17) is 0 Å². The molecule has 30 heavy (non-hydrogen) atoms. The summed E-state index contributed by atoms with van der Waals surface area (Å²) in [7, 11) is 0. The number of carbonyl (C=O) groups excluding carboxylic acids is 1. The number of para-hydroxylation sites is 1. The molecule has 2 aromatic carbocycles. The van der Waals surface area contributed by atoms with Crippen LogP contribution in [0.4, 0.5) is 11.4 Å². The zero-order chi connectivity index (χ0) is 21.5. The molecule has 0 unspecified atom stereocenters. The summed E-state index contributed by atoms with van der Waals surface area (Å²) in [5, 5.41) is 3.57. The minimum absolute atomic E-state index is 0.00449. The van der Waals surface area contributed by atoms with Gasteiger partial charge in [-0.25, -0.2) is 0 Å². The molecule has 0 radical (unpaired) electrons. The van der Waals surface area contributed by atoms with Gasteiger partial charge >= 0.3 is 0 Å². The monoisotopic (exact) mass is 398 g/mol. The number of nitrogens with zero attached hydrogens (tertiary/aromatic N) is 1. The van der Waals surface area contributed by atoms with Crippen LogP contribution < -0.4 is 10.2 Å². The first-order valence-electron chi connectivity index (χ1n) is 10.6. The van der Waals surface area contributed by atoms with Crippen molar-refractivity contribution in [3.05, 3.63) is 94.9 Å². The van der Waals surface area contributed by atoms with Crippen LogP contribution in [0, 0.1) is 0 Å². The van der Waals surface area contributed by atoms with Crippen molar-refractivity contribution >= 4 is 17.2 Å². The number of ketones is 1. The number of allylic oxidation sites excluding steroid dienone is 4. The summed E-state index contributed by atoms with van der Waals surface area (Å²) >= 11 is 0. The maximum Gasteiger partial charge on any atom is 0.210 e. The Hall–Kier alpha value is -3.07. The fourth-order valence-corrected chi connectivity index (χ4v) is 4.09. The maximum atomic E-state index is 12.9. The second-order valence-corrected chi connectivity index (χ2v) is 9.22. The van der Waals surface area contributed by atoms with Gasteiger partial charge in [-0.1, -0.05) is 69.8 Å². The van der Waals surface area contributed by atoms with Gasteiger partial charge in [0.25, 0.3) is 0 Å². The van der Waals surface area contributed by atoms with Crippen molar-refractivity contribution in [3.8, 4) is 0 Å². The third kappa shape index (κ3) is 3.72. The molecule has 154 valence electrons. The highest BCUT2D eigenvalue weighted by Gasteiger charge is 2.33. The van der Waals surface area contributed by atoms with E-state index in [0.29, 0.717) is 17.8 Å². The van der Waals surface area contributed by atoms with E-state index >= 15 is 0 Å². The van der Waals surface area contributed by atoms with Gasteiger partial charge in [0, 0.05) is 17.8 Å². The summed E-state index contributed by atoms with van der Waals surface area (Å²) in [6.07, 6.45) is 6.60. The van der Waals surface area contributed by atoms with Crippen molar-refractivity contribution in [1.29, 1.82) is 0 Å². The van der Waals surface area contributed by atoms with E-state index in [-0.39, 0.29) is 11.2 Å². The number of anilines is 2. The fraction of sp³-hybridized carbons (Fsp3) is 0.296. The molecule has 3 nitrogen and oxygen atoms in total. The second kappa shape index (κ2) is 7.64. The number of hydrogen-bond acceptors (Lipinski definition) is 3. The van der Waals surface area contributed by atoms with Gasteiger partial charge < -0.3 is 10.2 Å². The van der Waals surface area contributed by atoms with Crippen molar-refractivity contribution in [1.82, 2.24) is 0 Å². The van der Waals surface area contributed by atoms with Crippen molar-refractivity contribution in [3.63, 3.8) is 0 Å². The topological polar surface area (TPSA) is 32.3 Å². The van der Waals surface area contributed by atoms with Crippen molar-refractivity contribution in [2.45, 2.75) is 52.5 Å². The number of hydrogen-bond donors (Lipinski definition) is 1. The van der Waals surface area contributed by atoms with E-state index in [2.05, 4.69) is 80.9 Å². The van der Waals surface area contributed by atoms with Crippen LogP contribution in [0.15, 0.2) is 78.2 Å². The van der Waals surface area contributed by atoms with Crippen LogP contribution in [0.3, 0.4) is 0 Å². The predicted octanol–water partition coefficient (Wildman–Crippen LogP) is 6.74. The van der Waals surface area contributed by atoms with Gasteiger partial charge in [0.1, 0.15) is 0 Å². The molecule has 4 rings (SSSR count). The normalized spacial score (nSPS) is 16.3. The average Bonchev–Trinajstić information content (AvgIpc) is 2.95. The molecule has 0 aromatic heterocycles. The Kier molecular flexibility index (Phi) is 5.15.